The summed E-state index contributed by atoms with van der Waals surface area (Å²) in [5.41, 5.74) is 5.23. The summed E-state index contributed by atoms with van der Waals surface area (Å²) in [5.74, 6) is -0.756. The molecule has 0 fully saturated rings. The van der Waals surface area contributed by atoms with E-state index in [0.717, 1.165) is 12.1 Å². The number of thiol groups is 1. The summed E-state index contributed by atoms with van der Waals surface area (Å²) in [5, 5.41) is 11.2. The Balaban J connectivity index is 1.82. The number of aryl methyl sites for hydroxylation is 1. The zero-order chi connectivity index (χ0) is 25.5. The molecule has 3 N–H and O–H groups in total. The molecule has 0 spiro atoms. The zero-order valence-corrected chi connectivity index (χ0v) is 20.7. The van der Waals surface area contributed by atoms with Crippen LogP contribution >= 0.6 is 20.0 Å². The van der Waals surface area contributed by atoms with Gasteiger partial charge >= 0.3 is 6.18 Å². The van der Waals surface area contributed by atoms with Crippen molar-refractivity contribution in [3.05, 3.63) is 52.4 Å². The van der Waals surface area contributed by atoms with E-state index in [1.807, 2.05) is 0 Å². The number of alkyl halides is 3. The van der Waals surface area contributed by atoms with Crippen molar-refractivity contribution in [2.45, 2.75) is 24.4 Å². The topological polar surface area (TPSA) is 137 Å². The summed E-state index contributed by atoms with van der Waals surface area (Å²) in [6.07, 6.45) is -2.92. The maximum Gasteiger partial charge on any atom is 0.417 e. The molecule has 1 atom stereocenters. The molecule has 1 aliphatic heterocycles. The summed E-state index contributed by atoms with van der Waals surface area (Å²) in [6.45, 7) is 1.98. The van der Waals surface area contributed by atoms with Gasteiger partial charge in [-0.05, 0) is 54.9 Å². The number of anilines is 1. The molecule has 4 rings (SSSR count). The fourth-order valence-electron chi connectivity index (χ4n) is 3.31. The maximum atomic E-state index is 13.6. The van der Waals surface area contributed by atoms with Crippen LogP contribution in [0.25, 0.3) is 11.5 Å². The van der Waals surface area contributed by atoms with Crippen LogP contribution in [0.4, 0.5) is 18.9 Å². The number of hydrogen-bond acceptors (Lipinski definition) is 7. The number of pyridine rings is 1. The van der Waals surface area contributed by atoms with Crippen LogP contribution in [0.5, 0.6) is 0 Å². The van der Waals surface area contributed by atoms with Crippen LogP contribution in [0.2, 0.25) is 5.02 Å². The molecule has 186 valence electrons. The van der Waals surface area contributed by atoms with Crippen molar-refractivity contribution in [2.24, 2.45) is 10.9 Å². The highest BCUT2D eigenvalue weighted by atomic mass is 35.5. The van der Waals surface area contributed by atoms with E-state index in [2.05, 4.69) is 33.5 Å². The van der Waals surface area contributed by atoms with E-state index in [4.69, 9.17) is 22.2 Å². The first-order valence-electron chi connectivity index (χ1n) is 9.84. The number of amides is 1. The molecule has 2 aromatic heterocycles. The second kappa shape index (κ2) is 9.17. The molecule has 0 saturated carbocycles. The molecule has 35 heavy (non-hydrogen) atoms. The van der Waals surface area contributed by atoms with E-state index in [-0.39, 0.29) is 34.5 Å². The van der Waals surface area contributed by atoms with Crippen molar-refractivity contribution in [3.63, 3.8) is 0 Å². The van der Waals surface area contributed by atoms with Gasteiger partial charge in [0.1, 0.15) is 12.3 Å². The number of primary amides is 1. The standard InChI is InChI=1S/C19H18ClF3N7O3PS/c1-9-6-13(29-35(32,34)10-2-3-12(20)11(7-10)19(21,22)23)15(25-8-9)17-26-27-18(16(24)31)30(17)14-4-5-33-28-14/h2-3,6-8,35H,4-5,34H2,1H3,(H2,24,31)(H,29,32). The van der Waals surface area contributed by atoms with E-state index >= 15 is 0 Å². The Kier molecular flexibility index (Phi) is 6.56. The lowest BCUT2D eigenvalue weighted by Gasteiger charge is -2.24. The second-order valence-corrected chi connectivity index (χ2v) is 12.1. The Labute approximate surface area is 204 Å². The summed E-state index contributed by atoms with van der Waals surface area (Å²) in [4.78, 5) is 21.1. The van der Waals surface area contributed by atoms with Crippen LogP contribution < -0.4 is 10.5 Å². The highest BCUT2D eigenvalue weighted by Gasteiger charge is 2.34. The third-order valence-corrected chi connectivity index (χ3v) is 8.12. The minimum atomic E-state index is -4.74. The molecule has 1 aromatic carbocycles. The Morgan fingerprint density at radius 2 is 2.06 bits per heavy atom. The molecule has 16 heteroatoms. The number of carbonyl (C=O) groups excluding carboxylic acids is 1. The van der Waals surface area contributed by atoms with Gasteiger partial charge in [-0.15, -0.1) is 10.2 Å². The second-order valence-electron chi connectivity index (χ2n) is 7.48. The number of benzene rings is 1. The van der Waals surface area contributed by atoms with Gasteiger partial charge in [-0.25, -0.2) is 0 Å². The number of carbonyl (C=O) groups is 1. The number of nitrogens with two attached hydrogens (primary N) is 1. The Bertz CT molecular complexity index is 1410. The van der Waals surface area contributed by atoms with Crippen LogP contribution in [0.15, 0.2) is 40.5 Å². The molecule has 10 nitrogen and oxygen atoms in total. The molecule has 1 amide bonds. The molecule has 0 saturated heterocycles. The first kappa shape index (κ1) is 25.0. The molecular formula is C19H18ClF3N7O3PS. The fourth-order valence-corrected chi connectivity index (χ4v) is 5.71. The first-order chi connectivity index (χ1) is 16.4. The number of nitrogens with zero attached hydrogens (tertiary/aromatic N) is 5. The van der Waals surface area contributed by atoms with Gasteiger partial charge in [0.05, 0.1) is 16.3 Å². The fraction of sp³-hybridized carbons (Fsp3) is 0.211. The lowest BCUT2D eigenvalue weighted by molar-refractivity contribution is -0.137. The molecule has 1 aliphatic rings. The minimum Gasteiger partial charge on any atom is -0.394 e. The van der Waals surface area contributed by atoms with E-state index in [9.17, 15) is 22.2 Å². The lowest BCUT2D eigenvalue weighted by atomic mass is 10.2. The SMILES string of the molecule is Cc1cnc(-c2nnc(C(N)=O)n2C2=NOCC2)c(N[SH](=O)(P)c2ccc(Cl)c(C(F)(F)F)c2)c1. The zero-order valence-electron chi connectivity index (χ0n) is 17.9. The van der Waals surface area contributed by atoms with Crippen molar-refractivity contribution in [1.82, 2.24) is 19.7 Å². The van der Waals surface area contributed by atoms with E-state index < -0.39 is 32.4 Å². The van der Waals surface area contributed by atoms with Crippen LogP contribution in [-0.2, 0) is 20.8 Å². The number of rotatable bonds is 5. The normalized spacial score (nSPS) is 14.4. The number of nitrogens with one attached hydrogen (secondary N) is 1. The number of oxime groups is 1. The van der Waals surface area contributed by atoms with Gasteiger partial charge in [-0.2, -0.15) is 13.2 Å². The average Bonchev–Trinajstić information content (AvgIpc) is 3.42. The van der Waals surface area contributed by atoms with Gasteiger partial charge in [0.15, 0.2) is 11.7 Å². The van der Waals surface area contributed by atoms with Gasteiger partial charge in [0.2, 0.25) is 5.82 Å². The lowest BCUT2D eigenvalue weighted by Crippen LogP contribution is -2.23. The molecule has 1 unspecified atom stereocenters. The van der Waals surface area contributed by atoms with Gasteiger partial charge in [0, 0.05) is 17.5 Å². The summed E-state index contributed by atoms with van der Waals surface area (Å²) in [6, 6.07) is 4.57. The molecule has 0 radical (unpaired) electrons. The number of halogens is 4. The molecular weight excluding hydrogens is 530 g/mol. The van der Waals surface area contributed by atoms with Crippen molar-refractivity contribution >= 4 is 47.2 Å². The number of hydrogen-bond donors (Lipinski definition) is 3. The largest absolute Gasteiger partial charge is 0.417 e. The van der Waals surface area contributed by atoms with Crippen LogP contribution in [0.1, 0.15) is 28.2 Å². The summed E-state index contributed by atoms with van der Waals surface area (Å²) < 4.78 is 57.7. The highest BCUT2D eigenvalue weighted by molar-refractivity contribution is 8.46. The molecule has 3 aromatic rings. The van der Waals surface area contributed by atoms with Crippen LogP contribution in [-0.4, -0.2) is 42.3 Å². The van der Waals surface area contributed by atoms with Gasteiger partial charge in [-0.3, -0.25) is 18.6 Å². The van der Waals surface area contributed by atoms with Gasteiger partial charge in [-0.1, -0.05) is 16.8 Å². The Morgan fingerprint density at radius 3 is 2.69 bits per heavy atom. The highest BCUT2D eigenvalue weighted by Crippen LogP contribution is 2.39. The van der Waals surface area contributed by atoms with E-state index in [1.54, 1.807) is 13.0 Å². The number of aromatic nitrogens is 4. The Hall–Kier alpha value is -3.09. The van der Waals surface area contributed by atoms with E-state index in [1.165, 1.54) is 16.8 Å². The predicted molar refractivity (Wildman–Crippen MR) is 127 cm³/mol. The smallest absolute Gasteiger partial charge is 0.394 e. The average molecular weight is 548 g/mol. The van der Waals surface area contributed by atoms with E-state index in [0.29, 0.717) is 17.8 Å². The Morgan fingerprint density at radius 1 is 1.31 bits per heavy atom. The van der Waals surface area contributed by atoms with Gasteiger partial charge < -0.3 is 15.3 Å². The van der Waals surface area contributed by atoms with Gasteiger partial charge in [0.25, 0.3) is 5.91 Å². The van der Waals surface area contributed by atoms with Crippen molar-refractivity contribution in [2.75, 3.05) is 11.3 Å². The third-order valence-electron chi connectivity index (χ3n) is 4.89. The molecule has 3 heterocycles. The quantitative estimate of drug-likeness (QED) is 0.331. The first-order valence-corrected chi connectivity index (χ1v) is 13.5. The summed E-state index contributed by atoms with van der Waals surface area (Å²) in [7, 11) is -1.68. The summed E-state index contributed by atoms with van der Waals surface area (Å²) >= 11 is 5.70. The maximum absolute atomic E-state index is 13.6. The monoisotopic (exact) mass is 547 g/mol. The van der Waals surface area contributed by atoms with Crippen molar-refractivity contribution in [1.29, 1.82) is 0 Å². The van der Waals surface area contributed by atoms with Crippen molar-refractivity contribution in [3.8, 4) is 11.5 Å². The minimum absolute atomic E-state index is 0.0441. The van der Waals surface area contributed by atoms with Crippen molar-refractivity contribution < 1.29 is 27.0 Å². The third kappa shape index (κ3) is 5.00. The predicted octanol–water partition coefficient (Wildman–Crippen LogP) is 3.19. The molecule has 0 bridgehead atoms. The van der Waals surface area contributed by atoms with Crippen LogP contribution in [0, 0.1) is 6.92 Å². The molecule has 0 aliphatic carbocycles. The van der Waals surface area contributed by atoms with Crippen LogP contribution in [0.3, 0.4) is 0 Å².